The van der Waals surface area contributed by atoms with Crippen molar-refractivity contribution in [1.29, 1.82) is 0 Å². The standard InChI is InChI=1S/C10H12O4/c1-3-13-14-10(11)8-4-6-9(12-2)7-5-8/h4-7H,3H2,1-2H3. The normalized spacial score (nSPS) is 9.57. The molecule has 0 N–H and O–H groups in total. The van der Waals surface area contributed by atoms with Crippen LogP contribution in [0.15, 0.2) is 24.3 Å². The first-order valence-electron chi connectivity index (χ1n) is 4.25. The van der Waals surface area contributed by atoms with Crippen molar-refractivity contribution in [1.82, 2.24) is 0 Å². The van der Waals surface area contributed by atoms with Crippen LogP contribution in [-0.4, -0.2) is 19.7 Å². The Balaban J connectivity index is 2.62. The summed E-state index contributed by atoms with van der Waals surface area (Å²) in [4.78, 5) is 20.2. The van der Waals surface area contributed by atoms with Crippen LogP contribution in [0.2, 0.25) is 0 Å². The first-order valence-corrected chi connectivity index (χ1v) is 4.25. The minimum Gasteiger partial charge on any atom is -0.497 e. The van der Waals surface area contributed by atoms with Gasteiger partial charge in [-0.15, -0.1) is 0 Å². The Morgan fingerprint density at radius 1 is 1.29 bits per heavy atom. The van der Waals surface area contributed by atoms with Crippen molar-refractivity contribution >= 4 is 5.97 Å². The predicted octanol–water partition coefficient (Wildman–Crippen LogP) is 1.80. The van der Waals surface area contributed by atoms with Gasteiger partial charge in [-0.2, -0.15) is 4.89 Å². The van der Waals surface area contributed by atoms with Crippen LogP contribution in [0.5, 0.6) is 5.75 Å². The Hall–Kier alpha value is -1.55. The Kier molecular flexibility index (Phi) is 3.94. The van der Waals surface area contributed by atoms with E-state index in [1.807, 2.05) is 0 Å². The maximum Gasteiger partial charge on any atom is 0.373 e. The smallest absolute Gasteiger partial charge is 0.373 e. The van der Waals surface area contributed by atoms with Gasteiger partial charge in [-0.25, -0.2) is 4.79 Å². The minimum absolute atomic E-state index is 0.335. The van der Waals surface area contributed by atoms with Crippen LogP contribution < -0.4 is 4.74 Å². The molecule has 0 unspecified atom stereocenters. The van der Waals surface area contributed by atoms with Crippen LogP contribution in [-0.2, 0) is 9.78 Å². The van der Waals surface area contributed by atoms with Crippen LogP contribution >= 0.6 is 0 Å². The fourth-order valence-corrected chi connectivity index (χ4v) is 0.888. The zero-order valence-corrected chi connectivity index (χ0v) is 8.15. The third-order valence-corrected chi connectivity index (χ3v) is 1.58. The summed E-state index contributed by atoms with van der Waals surface area (Å²) in [7, 11) is 1.56. The largest absolute Gasteiger partial charge is 0.497 e. The van der Waals surface area contributed by atoms with Crippen molar-refractivity contribution in [3.8, 4) is 5.75 Å². The summed E-state index contributed by atoms with van der Waals surface area (Å²) in [5, 5.41) is 0. The molecule has 0 aliphatic heterocycles. The molecule has 1 rings (SSSR count). The second-order valence-electron chi connectivity index (χ2n) is 2.51. The highest BCUT2D eigenvalue weighted by atomic mass is 17.2. The van der Waals surface area contributed by atoms with Gasteiger partial charge in [0, 0.05) is 0 Å². The Bertz CT molecular complexity index is 291. The van der Waals surface area contributed by atoms with Crippen molar-refractivity contribution in [2.24, 2.45) is 0 Å². The molecule has 0 spiro atoms. The highest BCUT2D eigenvalue weighted by Crippen LogP contribution is 2.11. The van der Waals surface area contributed by atoms with E-state index < -0.39 is 5.97 Å². The molecule has 1 aromatic rings. The lowest BCUT2D eigenvalue weighted by Crippen LogP contribution is -2.05. The molecule has 0 atom stereocenters. The number of ether oxygens (including phenoxy) is 1. The van der Waals surface area contributed by atoms with Crippen LogP contribution in [0.25, 0.3) is 0 Å². The van der Waals surface area contributed by atoms with Crippen LogP contribution in [0, 0.1) is 0 Å². The maximum atomic E-state index is 11.2. The molecule has 0 saturated heterocycles. The second kappa shape index (κ2) is 5.24. The van der Waals surface area contributed by atoms with E-state index in [-0.39, 0.29) is 0 Å². The molecule has 76 valence electrons. The quantitative estimate of drug-likeness (QED) is 0.544. The molecule has 0 saturated carbocycles. The average Bonchev–Trinajstić information content (AvgIpc) is 2.26. The highest BCUT2D eigenvalue weighted by molar-refractivity contribution is 5.89. The molecule has 0 amide bonds. The zero-order valence-electron chi connectivity index (χ0n) is 8.15. The van der Waals surface area contributed by atoms with Crippen molar-refractivity contribution in [2.75, 3.05) is 13.7 Å². The number of rotatable bonds is 4. The predicted molar refractivity (Wildman–Crippen MR) is 50.0 cm³/mol. The SMILES string of the molecule is CCOOC(=O)c1ccc(OC)cc1. The summed E-state index contributed by atoms with van der Waals surface area (Å²) in [6.45, 7) is 2.07. The van der Waals surface area contributed by atoms with Crippen LogP contribution in [0.3, 0.4) is 0 Å². The molecular formula is C10H12O4. The van der Waals surface area contributed by atoms with E-state index in [4.69, 9.17) is 4.74 Å². The van der Waals surface area contributed by atoms with Crippen LogP contribution in [0.4, 0.5) is 0 Å². The average molecular weight is 196 g/mol. The molecular weight excluding hydrogens is 184 g/mol. The van der Waals surface area contributed by atoms with Crippen molar-refractivity contribution < 1.29 is 19.3 Å². The lowest BCUT2D eigenvalue weighted by atomic mass is 10.2. The molecule has 4 heteroatoms. The summed E-state index contributed by atoms with van der Waals surface area (Å²) < 4.78 is 4.95. The van der Waals surface area contributed by atoms with Gasteiger partial charge in [0.25, 0.3) is 0 Å². The third kappa shape index (κ3) is 2.74. The topological polar surface area (TPSA) is 44.8 Å². The number of methoxy groups -OCH3 is 1. The fourth-order valence-electron chi connectivity index (χ4n) is 0.888. The van der Waals surface area contributed by atoms with E-state index in [9.17, 15) is 4.79 Å². The Morgan fingerprint density at radius 2 is 1.93 bits per heavy atom. The van der Waals surface area contributed by atoms with Gasteiger partial charge in [0.15, 0.2) is 0 Å². The van der Waals surface area contributed by atoms with Gasteiger partial charge in [0.05, 0.1) is 19.3 Å². The molecule has 0 heterocycles. The number of benzene rings is 1. The Labute approximate surface area is 82.3 Å². The lowest BCUT2D eigenvalue weighted by molar-refractivity contribution is -0.236. The van der Waals surface area contributed by atoms with Gasteiger partial charge in [0.2, 0.25) is 0 Å². The van der Waals surface area contributed by atoms with Crippen molar-refractivity contribution in [2.45, 2.75) is 6.92 Å². The van der Waals surface area contributed by atoms with Crippen molar-refractivity contribution in [3.63, 3.8) is 0 Å². The van der Waals surface area contributed by atoms with Gasteiger partial charge in [-0.1, -0.05) is 0 Å². The highest BCUT2D eigenvalue weighted by Gasteiger charge is 2.07. The summed E-state index contributed by atoms with van der Waals surface area (Å²) >= 11 is 0. The van der Waals surface area contributed by atoms with E-state index in [0.717, 1.165) is 0 Å². The molecule has 0 fully saturated rings. The van der Waals surface area contributed by atoms with E-state index in [0.29, 0.717) is 17.9 Å². The molecule has 0 bridgehead atoms. The fraction of sp³-hybridized carbons (Fsp3) is 0.300. The third-order valence-electron chi connectivity index (χ3n) is 1.58. The zero-order chi connectivity index (χ0) is 10.4. The summed E-state index contributed by atoms with van der Waals surface area (Å²) in [6, 6.07) is 6.59. The van der Waals surface area contributed by atoms with E-state index in [2.05, 4.69) is 9.78 Å². The number of hydrogen-bond donors (Lipinski definition) is 0. The number of hydrogen-bond acceptors (Lipinski definition) is 4. The summed E-state index contributed by atoms with van der Waals surface area (Å²) in [5.41, 5.74) is 0.430. The first-order chi connectivity index (χ1) is 6.77. The molecule has 0 aliphatic carbocycles. The Morgan fingerprint density at radius 3 is 2.43 bits per heavy atom. The van der Waals surface area contributed by atoms with E-state index in [1.54, 1.807) is 38.3 Å². The van der Waals surface area contributed by atoms with Crippen molar-refractivity contribution in [3.05, 3.63) is 29.8 Å². The molecule has 14 heavy (non-hydrogen) atoms. The molecule has 0 aliphatic rings. The second-order valence-corrected chi connectivity index (χ2v) is 2.51. The van der Waals surface area contributed by atoms with Gasteiger partial charge < -0.3 is 4.74 Å². The lowest BCUT2D eigenvalue weighted by Gasteiger charge is -2.02. The van der Waals surface area contributed by atoms with E-state index in [1.165, 1.54) is 0 Å². The molecule has 4 nitrogen and oxygen atoms in total. The monoisotopic (exact) mass is 196 g/mol. The summed E-state index contributed by atoms with van der Waals surface area (Å²) in [5.74, 6) is 0.187. The van der Waals surface area contributed by atoms with Gasteiger partial charge in [-0.3, -0.25) is 4.89 Å². The number of carbonyl (C=O) groups excluding carboxylic acids is 1. The maximum absolute atomic E-state index is 11.2. The van der Waals surface area contributed by atoms with E-state index >= 15 is 0 Å². The minimum atomic E-state index is -0.505. The van der Waals surface area contributed by atoms with Gasteiger partial charge in [0.1, 0.15) is 5.75 Å². The van der Waals surface area contributed by atoms with Gasteiger partial charge >= 0.3 is 5.97 Å². The number of carbonyl (C=O) groups is 1. The van der Waals surface area contributed by atoms with Crippen LogP contribution in [0.1, 0.15) is 17.3 Å². The molecule has 0 aromatic heterocycles. The molecule has 1 aromatic carbocycles. The van der Waals surface area contributed by atoms with Gasteiger partial charge in [-0.05, 0) is 31.2 Å². The summed E-state index contributed by atoms with van der Waals surface area (Å²) in [6.07, 6.45) is 0. The molecule has 0 radical (unpaired) electrons. The first kappa shape index (κ1) is 10.5.